The topological polar surface area (TPSA) is 12.0 Å². The molecule has 0 bridgehead atoms. The number of thioether (sulfide) groups is 1. The Bertz CT molecular complexity index is 388. The number of rotatable bonds is 4. The van der Waals surface area contributed by atoms with Gasteiger partial charge < -0.3 is 5.32 Å². The highest BCUT2D eigenvalue weighted by atomic mass is 32.2. The van der Waals surface area contributed by atoms with Crippen molar-refractivity contribution in [1.29, 1.82) is 0 Å². The summed E-state index contributed by atoms with van der Waals surface area (Å²) in [6.45, 7) is 10.4. The molecule has 0 aliphatic carbocycles. The Hall–Kier alpha value is -0.470. The van der Waals surface area contributed by atoms with E-state index in [1.54, 1.807) is 0 Å². The summed E-state index contributed by atoms with van der Waals surface area (Å²) in [5, 5.41) is 5.06. The molecule has 100 valence electrons. The highest BCUT2D eigenvalue weighted by Gasteiger charge is 2.34. The molecule has 3 unspecified atom stereocenters. The van der Waals surface area contributed by atoms with Crippen LogP contribution in [0.3, 0.4) is 0 Å². The predicted octanol–water partition coefficient (Wildman–Crippen LogP) is 4.56. The first-order chi connectivity index (χ1) is 8.65. The van der Waals surface area contributed by atoms with Crippen LogP contribution in [0.4, 0.5) is 0 Å². The van der Waals surface area contributed by atoms with Gasteiger partial charge in [-0.3, -0.25) is 0 Å². The van der Waals surface area contributed by atoms with Gasteiger partial charge in [0.25, 0.3) is 0 Å². The van der Waals surface area contributed by atoms with Crippen molar-refractivity contribution < 1.29 is 0 Å². The van der Waals surface area contributed by atoms with Gasteiger partial charge in [0.15, 0.2) is 0 Å². The molecule has 0 spiro atoms. The number of fused-ring (bicyclic) bond motifs is 1. The minimum atomic E-state index is 0.516. The third-order valence-corrected chi connectivity index (χ3v) is 5.52. The third-order valence-electron chi connectivity index (χ3n) is 3.73. The second-order valence-corrected chi connectivity index (χ2v) is 7.07. The molecule has 1 aliphatic heterocycles. The molecule has 0 saturated heterocycles. The Balaban J connectivity index is 2.33. The minimum Gasteiger partial charge on any atom is -0.309 e. The van der Waals surface area contributed by atoms with Crippen LogP contribution < -0.4 is 5.32 Å². The van der Waals surface area contributed by atoms with E-state index >= 15 is 0 Å². The zero-order chi connectivity index (χ0) is 13.1. The molecule has 0 radical (unpaired) electrons. The summed E-state index contributed by atoms with van der Waals surface area (Å²) in [6, 6.07) is 9.47. The summed E-state index contributed by atoms with van der Waals surface area (Å²) >= 11 is 2.13. The molecular weight excluding hydrogens is 238 g/mol. The van der Waals surface area contributed by atoms with Gasteiger partial charge in [0, 0.05) is 16.5 Å². The van der Waals surface area contributed by atoms with Crippen molar-refractivity contribution in [2.45, 2.75) is 50.7 Å². The summed E-state index contributed by atoms with van der Waals surface area (Å²) in [5.41, 5.74) is 3.05. The van der Waals surface area contributed by atoms with Crippen molar-refractivity contribution in [2.24, 2.45) is 5.92 Å². The number of hydrogen-bond donors (Lipinski definition) is 1. The largest absolute Gasteiger partial charge is 0.309 e. The fraction of sp³-hybridized carbons (Fsp3) is 0.625. The van der Waals surface area contributed by atoms with Crippen LogP contribution in [-0.4, -0.2) is 11.8 Å². The second kappa shape index (κ2) is 6.12. The van der Waals surface area contributed by atoms with E-state index in [4.69, 9.17) is 0 Å². The van der Waals surface area contributed by atoms with Crippen molar-refractivity contribution in [3.8, 4) is 0 Å². The molecule has 2 heteroatoms. The summed E-state index contributed by atoms with van der Waals surface area (Å²) in [5.74, 6) is 0.708. The number of hydrogen-bond acceptors (Lipinski definition) is 2. The van der Waals surface area contributed by atoms with Crippen molar-refractivity contribution in [3.05, 3.63) is 35.4 Å². The summed E-state index contributed by atoms with van der Waals surface area (Å²) in [4.78, 5) is 0. The zero-order valence-electron chi connectivity index (χ0n) is 11.9. The first-order valence-electron chi connectivity index (χ1n) is 7.12. The predicted molar refractivity (Wildman–Crippen MR) is 82.1 cm³/mol. The third kappa shape index (κ3) is 2.75. The molecule has 1 heterocycles. The van der Waals surface area contributed by atoms with Crippen molar-refractivity contribution in [1.82, 2.24) is 5.32 Å². The maximum atomic E-state index is 3.76. The van der Waals surface area contributed by atoms with Gasteiger partial charge in [-0.15, -0.1) is 11.8 Å². The molecule has 1 aliphatic rings. The van der Waals surface area contributed by atoms with Crippen LogP contribution in [0.2, 0.25) is 0 Å². The van der Waals surface area contributed by atoms with E-state index in [0.717, 1.165) is 6.54 Å². The van der Waals surface area contributed by atoms with Gasteiger partial charge >= 0.3 is 0 Å². The summed E-state index contributed by atoms with van der Waals surface area (Å²) < 4.78 is 0. The fourth-order valence-electron chi connectivity index (χ4n) is 2.80. The van der Waals surface area contributed by atoms with E-state index in [2.05, 4.69) is 69.0 Å². The lowest BCUT2D eigenvalue weighted by molar-refractivity contribution is 0.435. The monoisotopic (exact) mass is 263 g/mol. The summed E-state index contributed by atoms with van der Waals surface area (Å²) in [7, 11) is 0. The maximum absolute atomic E-state index is 3.76. The van der Waals surface area contributed by atoms with Crippen LogP contribution >= 0.6 is 11.8 Å². The van der Waals surface area contributed by atoms with E-state index < -0.39 is 0 Å². The van der Waals surface area contributed by atoms with Crippen LogP contribution in [0, 0.1) is 5.92 Å². The average Bonchev–Trinajstić information content (AvgIpc) is 2.37. The Kier molecular flexibility index (Phi) is 4.74. The van der Waals surface area contributed by atoms with Gasteiger partial charge in [-0.25, -0.2) is 0 Å². The molecule has 2 rings (SSSR count). The molecule has 1 N–H and O–H groups in total. The van der Waals surface area contributed by atoms with Crippen LogP contribution in [0.1, 0.15) is 56.5 Å². The Morgan fingerprint density at radius 1 is 1.22 bits per heavy atom. The SMILES string of the molecule is CCCNC1c2ccccc2C(C)SC1C(C)C. The molecule has 1 aromatic carbocycles. The lowest BCUT2D eigenvalue weighted by Crippen LogP contribution is -2.37. The van der Waals surface area contributed by atoms with Gasteiger partial charge in [-0.05, 0) is 36.9 Å². The molecule has 18 heavy (non-hydrogen) atoms. The molecule has 0 aromatic heterocycles. The number of benzene rings is 1. The maximum Gasteiger partial charge on any atom is 0.0446 e. The highest BCUT2D eigenvalue weighted by Crippen LogP contribution is 2.47. The normalized spacial score (nSPS) is 27.3. The first kappa shape index (κ1) is 14.0. The molecule has 1 nitrogen and oxygen atoms in total. The van der Waals surface area contributed by atoms with E-state index in [9.17, 15) is 0 Å². The van der Waals surface area contributed by atoms with Crippen molar-refractivity contribution >= 4 is 11.8 Å². The molecule has 0 amide bonds. The molecule has 3 atom stereocenters. The second-order valence-electron chi connectivity index (χ2n) is 5.55. The van der Waals surface area contributed by atoms with Gasteiger partial charge in [0.05, 0.1) is 0 Å². The molecular formula is C16H25NS. The van der Waals surface area contributed by atoms with Gasteiger partial charge in [0.2, 0.25) is 0 Å². The van der Waals surface area contributed by atoms with Crippen molar-refractivity contribution in [2.75, 3.05) is 6.54 Å². The average molecular weight is 263 g/mol. The number of nitrogens with one attached hydrogen (secondary N) is 1. The highest BCUT2D eigenvalue weighted by molar-refractivity contribution is 8.00. The Morgan fingerprint density at radius 3 is 2.50 bits per heavy atom. The quantitative estimate of drug-likeness (QED) is 0.854. The van der Waals surface area contributed by atoms with E-state index in [-0.39, 0.29) is 0 Å². The van der Waals surface area contributed by atoms with Crippen molar-refractivity contribution in [3.63, 3.8) is 0 Å². The van der Waals surface area contributed by atoms with E-state index in [1.807, 2.05) is 0 Å². The lowest BCUT2D eigenvalue weighted by atomic mass is 9.91. The lowest BCUT2D eigenvalue weighted by Gasteiger charge is -2.39. The van der Waals surface area contributed by atoms with Gasteiger partial charge in [-0.2, -0.15) is 0 Å². The van der Waals surface area contributed by atoms with Gasteiger partial charge in [0.1, 0.15) is 0 Å². The van der Waals surface area contributed by atoms with E-state index in [1.165, 1.54) is 17.5 Å². The smallest absolute Gasteiger partial charge is 0.0446 e. The van der Waals surface area contributed by atoms with Crippen LogP contribution in [-0.2, 0) is 0 Å². The first-order valence-corrected chi connectivity index (χ1v) is 8.07. The molecule has 0 fully saturated rings. The van der Waals surface area contributed by atoms with Crippen LogP contribution in [0.25, 0.3) is 0 Å². The molecule has 0 saturated carbocycles. The standard InChI is InChI=1S/C16H25NS/c1-5-10-17-15-14-9-7-6-8-13(14)12(4)18-16(15)11(2)3/h6-9,11-12,15-17H,5,10H2,1-4H3. The van der Waals surface area contributed by atoms with Gasteiger partial charge in [-0.1, -0.05) is 45.0 Å². The molecule has 1 aromatic rings. The van der Waals surface area contributed by atoms with Crippen LogP contribution in [0.5, 0.6) is 0 Å². The zero-order valence-corrected chi connectivity index (χ0v) is 12.8. The fourth-order valence-corrected chi connectivity index (χ4v) is 4.34. The minimum absolute atomic E-state index is 0.516. The Labute approximate surface area is 116 Å². The summed E-state index contributed by atoms with van der Waals surface area (Å²) in [6.07, 6.45) is 1.20. The Morgan fingerprint density at radius 2 is 1.89 bits per heavy atom. The van der Waals surface area contributed by atoms with Crippen LogP contribution in [0.15, 0.2) is 24.3 Å². The van der Waals surface area contributed by atoms with E-state index in [0.29, 0.717) is 22.5 Å².